The van der Waals surface area contributed by atoms with Crippen LogP contribution in [0.25, 0.3) is 0 Å². The van der Waals surface area contributed by atoms with Gasteiger partial charge in [0.15, 0.2) is 10.8 Å². The number of nitrogens with zero attached hydrogens (tertiary/aromatic N) is 2. The number of rotatable bonds is 3. The number of nitrogens with one attached hydrogen (secondary N) is 1. The minimum absolute atomic E-state index is 0.118. The van der Waals surface area contributed by atoms with Gasteiger partial charge in [0.05, 0.1) is 6.61 Å². The van der Waals surface area contributed by atoms with Gasteiger partial charge in [-0.25, -0.2) is 0 Å². The summed E-state index contributed by atoms with van der Waals surface area (Å²) in [4.78, 5) is 11.4. The Bertz CT molecular complexity index is 315. The van der Waals surface area contributed by atoms with Crippen LogP contribution in [0.5, 0.6) is 0 Å². The van der Waals surface area contributed by atoms with Crippen molar-refractivity contribution >= 4 is 17.5 Å². The van der Waals surface area contributed by atoms with E-state index in [0.29, 0.717) is 0 Å². The maximum atomic E-state index is 11.4. The van der Waals surface area contributed by atoms with Gasteiger partial charge < -0.3 is 10.4 Å². The number of halogens is 1. The Morgan fingerprint density at radius 1 is 1.64 bits per heavy atom. The van der Waals surface area contributed by atoms with Crippen LogP contribution in [-0.4, -0.2) is 33.9 Å². The molecular formula is C8H10ClN3O2. The summed E-state index contributed by atoms with van der Waals surface area (Å²) in [7, 11) is 0. The molecule has 5 nitrogen and oxygen atoms in total. The number of aliphatic hydroxyl groups is 1. The third-order valence-corrected chi connectivity index (χ3v) is 1.72. The fourth-order valence-electron chi connectivity index (χ4n) is 0.780. The van der Waals surface area contributed by atoms with E-state index in [1.807, 2.05) is 0 Å². The van der Waals surface area contributed by atoms with Crippen molar-refractivity contribution in [1.82, 2.24) is 15.5 Å². The number of amides is 1. The van der Waals surface area contributed by atoms with Crippen molar-refractivity contribution in [3.8, 4) is 0 Å². The van der Waals surface area contributed by atoms with E-state index < -0.39 is 0 Å². The molecule has 0 aromatic carbocycles. The number of hydrogen-bond donors (Lipinski definition) is 2. The lowest BCUT2D eigenvalue weighted by atomic mass is 10.3. The molecule has 1 heterocycles. The van der Waals surface area contributed by atoms with Crippen LogP contribution in [0.2, 0.25) is 5.15 Å². The van der Waals surface area contributed by atoms with Crippen molar-refractivity contribution in [3.63, 3.8) is 0 Å². The van der Waals surface area contributed by atoms with Crippen LogP contribution in [0, 0.1) is 0 Å². The molecule has 14 heavy (non-hydrogen) atoms. The average Bonchev–Trinajstić information content (AvgIpc) is 2.18. The molecule has 2 N–H and O–H groups in total. The first kappa shape index (κ1) is 10.9. The molecule has 1 amide bonds. The van der Waals surface area contributed by atoms with Crippen LogP contribution in [0.4, 0.5) is 0 Å². The molecule has 0 saturated carbocycles. The second-order valence-corrected chi connectivity index (χ2v) is 3.19. The molecule has 1 rings (SSSR count). The molecule has 1 atom stereocenters. The largest absolute Gasteiger partial charge is 0.394 e. The van der Waals surface area contributed by atoms with Crippen molar-refractivity contribution in [3.05, 3.63) is 23.0 Å². The fraction of sp³-hybridized carbons (Fsp3) is 0.375. The van der Waals surface area contributed by atoms with Crippen molar-refractivity contribution < 1.29 is 9.90 Å². The van der Waals surface area contributed by atoms with Crippen molar-refractivity contribution in [2.45, 2.75) is 13.0 Å². The first-order valence-electron chi connectivity index (χ1n) is 4.04. The van der Waals surface area contributed by atoms with E-state index in [-0.39, 0.29) is 29.4 Å². The standard InChI is InChI=1S/C8H10ClN3O2/c1-5(4-13)10-8(14)6-2-3-7(9)12-11-6/h2-3,5,13H,4H2,1H3,(H,10,14)/t5-/m0/s1. The van der Waals surface area contributed by atoms with E-state index in [1.54, 1.807) is 6.92 Å². The van der Waals surface area contributed by atoms with Crippen LogP contribution in [0.15, 0.2) is 12.1 Å². The van der Waals surface area contributed by atoms with Gasteiger partial charge in [-0.3, -0.25) is 4.79 Å². The molecule has 6 heteroatoms. The highest BCUT2D eigenvalue weighted by Gasteiger charge is 2.10. The van der Waals surface area contributed by atoms with Crippen molar-refractivity contribution in [1.29, 1.82) is 0 Å². The Hall–Kier alpha value is -1.20. The van der Waals surface area contributed by atoms with Crippen LogP contribution >= 0.6 is 11.6 Å². The Labute approximate surface area is 86.1 Å². The van der Waals surface area contributed by atoms with E-state index >= 15 is 0 Å². The highest BCUT2D eigenvalue weighted by Crippen LogP contribution is 2.02. The lowest BCUT2D eigenvalue weighted by Crippen LogP contribution is -2.35. The second-order valence-electron chi connectivity index (χ2n) is 2.80. The predicted octanol–water partition coefficient (Wildman–Crippen LogP) is 0.241. The molecule has 1 aromatic heterocycles. The first-order chi connectivity index (χ1) is 6.63. The zero-order valence-corrected chi connectivity index (χ0v) is 8.32. The third kappa shape index (κ3) is 2.93. The maximum Gasteiger partial charge on any atom is 0.272 e. The molecule has 0 radical (unpaired) electrons. The fourth-order valence-corrected chi connectivity index (χ4v) is 0.881. The Balaban J connectivity index is 2.65. The summed E-state index contributed by atoms with van der Waals surface area (Å²) in [5, 5.41) is 18.6. The highest BCUT2D eigenvalue weighted by molar-refractivity contribution is 6.29. The number of aromatic nitrogens is 2. The minimum Gasteiger partial charge on any atom is -0.394 e. The van der Waals surface area contributed by atoms with E-state index in [1.165, 1.54) is 12.1 Å². The average molecular weight is 216 g/mol. The van der Waals surface area contributed by atoms with Crippen molar-refractivity contribution in [2.75, 3.05) is 6.61 Å². The van der Waals surface area contributed by atoms with Gasteiger partial charge in [-0.1, -0.05) is 11.6 Å². The molecule has 0 fully saturated rings. The third-order valence-electron chi connectivity index (χ3n) is 1.52. The molecular weight excluding hydrogens is 206 g/mol. The molecule has 0 aliphatic carbocycles. The van der Waals surface area contributed by atoms with Crippen LogP contribution < -0.4 is 5.32 Å². The number of aliphatic hydroxyl groups excluding tert-OH is 1. The van der Waals surface area contributed by atoms with Crippen LogP contribution in [-0.2, 0) is 0 Å². The molecule has 0 aliphatic heterocycles. The lowest BCUT2D eigenvalue weighted by molar-refractivity contribution is 0.0916. The molecule has 0 saturated heterocycles. The summed E-state index contributed by atoms with van der Waals surface area (Å²) in [6.07, 6.45) is 0. The van der Waals surface area contributed by atoms with Gasteiger partial charge in [0.25, 0.3) is 5.91 Å². The number of hydrogen-bond acceptors (Lipinski definition) is 4. The lowest BCUT2D eigenvalue weighted by Gasteiger charge is -2.09. The Kier molecular flexibility index (Phi) is 3.79. The zero-order valence-electron chi connectivity index (χ0n) is 7.57. The van der Waals surface area contributed by atoms with Gasteiger partial charge in [-0.2, -0.15) is 0 Å². The summed E-state index contributed by atoms with van der Waals surface area (Å²) in [5.41, 5.74) is 0.176. The van der Waals surface area contributed by atoms with Crippen molar-refractivity contribution in [2.24, 2.45) is 0 Å². The van der Waals surface area contributed by atoms with Crippen LogP contribution in [0.3, 0.4) is 0 Å². The van der Waals surface area contributed by atoms with Gasteiger partial charge in [0, 0.05) is 6.04 Å². The van der Waals surface area contributed by atoms with E-state index in [4.69, 9.17) is 16.7 Å². The minimum atomic E-state index is -0.379. The van der Waals surface area contributed by atoms with Gasteiger partial charge in [-0.15, -0.1) is 10.2 Å². The topological polar surface area (TPSA) is 75.1 Å². The quantitative estimate of drug-likeness (QED) is 0.758. The summed E-state index contributed by atoms with van der Waals surface area (Å²) in [6.45, 7) is 1.56. The van der Waals surface area contributed by atoms with Crippen LogP contribution in [0.1, 0.15) is 17.4 Å². The van der Waals surface area contributed by atoms with Gasteiger partial charge in [0.1, 0.15) is 0 Å². The normalized spacial score (nSPS) is 12.2. The molecule has 0 spiro atoms. The molecule has 0 aliphatic rings. The smallest absolute Gasteiger partial charge is 0.272 e. The monoisotopic (exact) mass is 215 g/mol. The predicted molar refractivity (Wildman–Crippen MR) is 51.1 cm³/mol. The summed E-state index contributed by atoms with van der Waals surface area (Å²) >= 11 is 5.50. The van der Waals surface area contributed by atoms with Gasteiger partial charge >= 0.3 is 0 Å². The summed E-state index contributed by atoms with van der Waals surface area (Å²) < 4.78 is 0. The van der Waals surface area contributed by atoms with Gasteiger partial charge in [0.2, 0.25) is 0 Å². The number of carbonyl (C=O) groups excluding carboxylic acids is 1. The Morgan fingerprint density at radius 3 is 2.86 bits per heavy atom. The highest BCUT2D eigenvalue weighted by atomic mass is 35.5. The SMILES string of the molecule is C[C@@H](CO)NC(=O)c1ccc(Cl)nn1. The molecule has 76 valence electrons. The second kappa shape index (κ2) is 4.88. The molecule has 0 unspecified atom stereocenters. The number of carbonyl (C=O) groups is 1. The molecule has 1 aromatic rings. The zero-order chi connectivity index (χ0) is 10.6. The Morgan fingerprint density at radius 2 is 2.36 bits per heavy atom. The maximum absolute atomic E-state index is 11.4. The van der Waals surface area contributed by atoms with Gasteiger partial charge in [-0.05, 0) is 19.1 Å². The van der Waals surface area contributed by atoms with E-state index in [2.05, 4.69) is 15.5 Å². The first-order valence-corrected chi connectivity index (χ1v) is 4.42. The van der Waals surface area contributed by atoms with E-state index in [0.717, 1.165) is 0 Å². The summed E-state index contributed by atoms with van der Waals surface area (Å²) in [6, 6.07) is 2.64. The van der Waals surface area contributed by atoms with E-state index in [9.17, 15) is 4.79 Å². The summed E-state index contributed by atoms with van der Waals surface area (Å²) in [5.74, 6) is -0.379. The molecule has 0 bridgehead atoms.